The lowest BCUT2D eigenvalue weighted by molar-refractivity contribution is 0.0949. The predicted octanol–water partition coefficient (Wildman–Crippen LogP) is 2.41. The molecule has 5 rings (SSSR count). The molecule has 0 bridgehead atoms. The molecule has 2 aromatic carbocycles. The molecule has 1 aromatic heterocycles. The zero-order valence-electron chi connectivity index (χ0n) is 19.8. The predicted molar refractivity (Wildman–Crippen MR) is 135 cm³/mol. The number of nitrogens with one attached hydrogen (secondary N) is 1. The molecular weight excluding hydrogens is 480 g/mol. The number of sulfone groups is 1. The molecule has 0 spiro atoms. The Morgan fingerprint density at radius 1 is 1.22 bits per heavy atom. The van der Waals surface area contributed by atoms with Crippen molar-refractivity contribution < 1.29 is 17.9 Å². The van der Waals surface area contributed by atoms with Crippen LogP contribution >= 0.6 is 0 Å². The summed E-state index contributed by atoms with van der Waals surface area (Å²) in [6, 6.07) is 13.5. The minimum absolute atomic E-state index is 0.0197. The third kappa shape index (κ3) is 4.09. The van der Waals surface area contributed by atoms with Crippen LogP contribution in [0.3, 0.4) is 0 Å². The number of aryl methyl sites for hydroxylation is 1. The van der Waals surface area contributed by atoms with Gasteiger partial charge in [-0.1, -0.05) is 12.1 Å². The highest BCUT2D eigenvalue weighted by Gasteiger charge is 2.60. The van der Waals surface area contributed by atoms with Gasteiger partial charge in [-0.25, -0.2) is 8.42 Å². The van der Waals surface area contributed by atoms with Crippen LogP contribution in [0, 0.1) is 11.3 Å². The van der Waals surface area contributed by atoms with Gasteiger partial charge < -0.3 is 20.4 Å². The quantitative estimate of drug-likeness (QED) is 0.446. The first kappa shape index (κ1) is 23.9. The van der Waals surface area contributed by atoms with Gasteiger partial charge in [0.25, 0.3) is 11.5 Å². The van der Waals surface area contributed by atoms with E-state index >= 15 is 0 Å². The third-order valence-corrected chi connectivity index (χ3v) is 10.1. The number of hydrogen-bond donors (Lipinski definition) is 2. The van der Waals surface area contributed by atoms with E-state index in [4.69, 9.17) is 15.7 Å². The fourth-order valence-corrected chi connectivity index (χ4v) is 6.79. The first-order chi connectivity index (χ1) is 17.2. The Kier molecular flexibility index (Phi) is 5.75. The van der Waals surface area contributed by atoms with Crippen molar-refractivity contribution in [3.63, 3.8) is 0 Å². The summed E-state index contributed by atoms with van der Waals surface area (Å²) in [7, 11) is -1.71. The number of nitriles is 1. The van der Waals surface area contributed by atoms with E-state index in [1.807, 2.05) is 6.07 Å². The van der Waals surface area contributed by atoms with Crippen molar-refractivity contribution in [3.05, 3.63) is 69.5 Å². The monoisotopic (exact) mass is 506 g/mol. The number of fused-ring (bicyclic) bond motifs is 1. The SMILES string of the molecule is Cn1c(=O)c(C(=O)NCc2ccc(C#N)cc2)cc2c(N)ccc(OCC3(S(=O)(=O)C4CC4)CC3)c21. The van der Waals surface area contributed by atoms with Crippen molar-refractivity contribution in [2.24, 2.45) is 7.05 Å². The van der Waals surface area contributed by atoms with Crippen LogP contribution in [-0.4, -0.2) is 35.5 Å². The first-order valence-corrected chi connectivity index (χ1v) is 13.3. The molecule has 0 radical (unpaired) electrons. The van der Waals surface area contributed by atoms with Gasteiger partial charge in [0.2, 0.25) is 0 Å². The summed E-state index contributed by atoms with van der Waals surface area (Å²) in [5.41, 5.74) is 7.66. The Balaban J connectivity index is 1.41. The lowest BCUT2D eigenvalue weighted by Crippen LogP contribution is -2.34. The van der Waals surface area contributed by atoms with E-state index in [-0.39, 0.29) is 24.0 Å². The maximum atomic E-state index is 13.1. The molecule has 2 aliphatic rings. The molecule has 36 heavy (non-hydrogen) atoms. The number of ether oxygens (including phenoxy) is 1. The lowest BCUT2D eigenvalue weighted by atomic mass is 10.1. The number of amides is 1. The van der Waals surface area contributed by atoms with Gasteiger partial charge in [0.05, 0.1) is 22.4 Å². The summed E-state index contributed by atoms with van der Waals surface area (Å²) in [6.45, 7) is 0.202. The summed E-state index contributed by atoms with van der Waals surface area (Å²) in [5, 5.41) is 11.8. The third-order valence-electron chi connectivity index (χ3n) is 7.02. The van der Waals surface area contributed by atoms with Crippen molar-refractivity contribution in [1.82, 2.24) is 9.88 Å². The number of aromatic nitrogens is 1. The number of benzene rings is 2. The zero-order chi connectivity index (χ0) is 25.7. The van der Waals surface area contributed by atoms with Gasteiger partial charge in [0.1, 0.15) is 22.7 Å². The largest absolute Gasteiger partial charge is 0.490 e. The van der Waals surface area contributed by atoms with Crippen molar-refractivity contribution in [2.75, 3.05) is 12.3 Å². The number of pyridine rings is 1. The molecule has 186 valence electrons. The second kappa shape index (κ2) is 8.68. The van der Waals surface area contributed by atoms with E-state index in [1.54, 1.807) is 36.4 Å². The Hall–Kier alpha value is -3.84. The summed E-state index contributed by atoms with van der Waals surface area (Å²) >= 11 is 0. The number of rotatable bonds is 8. The van der Waals surface area contributed by atoms with Gasteiger partial charge in [0, 0.05) is 24.7 Å². The van der Waals surface area contributed by atoms with E-state index in [9.17, 15) is 18.0 Å². The van der Waals surface area contributed by atoms with Crippen LogP contribution in [0.5, 0.6) is 5.75 Å². The topological polar surface area (TPSA) is 144 Å². The zero-order valence-corrected chi connectivity index (χ0v) is 20.6. The van der Waals surface area contributed by atoms with Crippen LogP contribution in [-0.2, 0) is 23.4 Å². The van der Waals surface area contributed by atoms with Crippen LogP contribution in [0.2, 0.25) is 0 Å². The maximum absolute atomic E-state index is 13.1. The van der Waals surface area contributed by atoms with Gasteiger partial charge >= 0.3 is 0 Å². The van der Waals surface area contributed by atoms with Crippen molar-refractivity contribution in [1.29, 1.82) is 5.26 Å². The summed E-state index contributed by atoms with van der Waals surface area (Å²) in [6.07, 6.45) is 2.56. The fourth-order valence-electron chi connectivity index (χ4n) is 4.44. The van der Waals surface area contributed by atoms with Crippen molar-refractivity contribution in [3.8, 4) is 11.8 Å². The van der Waals surface area contributed by atoms with Crippen LogP contribution in [0.15, 0.2) is 47.3 Å². The highest BCUT2D eigenvalue weighted by molar-refractivity contribution is 7.94. The molecule has 3 aromatic rings. The molecule has 0 unspecified atom stereocenters. The Labute approximate surface area is 208 Å². The van der Waals surface area contributed by atoms with Gasteiger partial charge in [-0.05, 0) is 61.6 Å². The molecule has 2 fully saturated rings. The van der Waals surface area contributed by atoms with Gasteiger partial charge in [-0.15, -0.1) is 0 Å². The standard InChI is InChI=1S/C26H26N4O5S/c1-30-23-19(12-20(25(30)32)24(31)29-14-17-4-2-16(13-27)3-5-17)21(28)8-9-22(23)35-15-26(10-11-26)36(33,34)18-6-7-18/h2-5,8-9,12,18H,6-7,10-11,14-15,28H2,1H3,(H,29,31). The lowest BCUT2D eigenvalue weighted by Gasteiger charge is -2.19. The fraction of sp³-hybridized carbons (Fsp3) is 0.346. The maximum Gasteiger partial charge on any atom is 0.263 e. The van der Waals surface area contributed by atoms with E-state index in [0.29, 0.717) is 53.6 Å². The number of nitrogen functional groups attached to an aromatic ring is 1. The van der Waals surface area contributed by atoms with Gasteiger partial charge in [-0.2, -0.15) is 5.26 Å². The Bertz CT molecular complexity index is 1580. The van der Waals surface area contributed by atoms with Crippen LogP contribution in [0.25, 0.3) is 10.9 Å². The second-order valence-electron chi connectivity index (χ2n) is 9.54. The Morgan fingerprint density at radius 3 is 2.53 bits per heavy atom. The molecule has 0 saturated heterocycles. The van der Waals surface area contributed by atoms with Crippen molar-refractivity contribution in [2.45, 2.75) is 42.2 Å². The van der Waals surface area contributed by atoms with E-state index < -0.39 is 26.1 Å². The minimum Gasteiger partial charge on any atom is -0.490 e. The van der Waals surface area contributed by atoms with Gasteiger partial charge in [0.15, 0.2) is 9.84 Å². The smallest absolute Gasteiger partial charge is 0.263 e. The molecular formula is C26H26N4O5S. The Morgan fingerprint density at radius 2 is 1.92 bits per heavy atom. The van der Waals surface area contributed by atoms with Crippen LogP contribution in [0.4, 0.5) is 5.69 Å². The summed E-state index contributed by atoms with van der Waals surface area (Å²) in [4.78, 5) is 26.0. The van der Waals surface area contributed by atoms with E-state index in [0.717, 1.165) is 5.56 Å². The molecule has 3 N–H and O–H groups in total. The number of carbonyl (C=O) groups excluding carboxylic acids is 1. The highest BCUT2D eigenvalue weighted by Crippen LogP contribution is 2.50. The number of nitrogens with zero attached hydrogens (tertiary/aromatic N) is 2. The van der Waals surface area contributed by atoms with Crippen molar-refractivity contribution >= 4 is 32.3 Å². The summed E-state index contributed by atoms with van der Waals surface area (Å²) in [5.74, 6) is -0.208. The average molecular weight is 507 g/mol. The normalized spacial score (nSPS) is 16.3. The van der Waals surface area contributed by atoms with Gasteiger partial charge in [-0.3, -0.25) is 9.59 Å². The molecule has 9 nitrogen and oxygen atoms in total. The minimum atomic E-state index is -3.24. The molecule has 0 atom stereocenters. The summed E-state index contributed by atoms with van der Waals surface area (Å²) < 4.78 is 32.1. The number of nitrogens with two attached hydrogens (primary N) is 1. The van der Waals surface area contributed by atoms with Crippen LogP contribution in [0.1, 0.15) is 47.2 Å². The van der Waals surface area contributed by atoms with Crippen LogP contribution < -0.4 is 21.3 Å². The van der Waals surface area contributed by atoms with E-state index in [2.05, 4.69) is 5.32 Å². The molecule has 10 heteroatoms. The average Bonchev–Trinajstić information content (AvgIpc) is 3.78. The molecule has 2 aliphatic carbocycles. The molecule has 1 amide bonds. The van der Waals surface area contributed by atoms with E-state index in [1.165, 1.54) is 17.7 Å². The number of anilines is 1. The highest BCUT2D eigenvalue weighted by atomic mass is 32.2. The molecule has 2 saturated carbocycles. The number of hydrogen-bond acceptors (Lipinski definition) is 7. The second-order valence-corrected chi connectivity index (χ2v) is 12.2. The molecule has 1 heterocycles. The first-order valence-electron chi connectivity index (χ1n) is 11.7. The molecule has 0 aliphatic heterocycles. The number of carbonyl (C=O) groups is 1.